The molecule has 7 nitrogen and oxygen atoms in total. The number of nitrogens with one attached hydrogen (secondary N) is 2. The number of hydrogen-bond donors (Lipinski definition) is 2. The van der Waals surface area contributed by atoms with Crippen molar-refractivity contribution < 1.29 is 4.79 Å². The van der Waals surface area contributed by atoms with E-state index in [0.29, 0.717) is 12.5 Å². The van der Waals surface area contributed by atoms with Gasteiger partial charge in [0.15, 0.2) is 0 Å². The normalized spacial score (nSPS) is 12.6. The molecule has 0 saturated heterocycles. The second kappa shape index (κ2) is 6.79. The topological polar surface area (TPSA) is 83.0 Å². The molecular formula is C19H18N6O. The molecule has 0 atom stereocenters. The van der Waals surface area contributed by atoms with Crippen molar-refractivity contribution in [3.8, 4) is 11.4 Å². The van der Waals surface area contributed by atoms with E-state index < -0.39 is 0 Å². The average Bonchev–Trinajstić information content (AvgIpc) is 3.11. The van der Waals surface area contributed by atoms with E-state index in [0.717, 1.165) is 34.7 Å². The molecule has 4 rings (SSSR count). The SMILES string of the molecule is CNC(=O)N1CCc2cc(Nc3nccc(-c4ccccn4)n3)ccc21. The Morgan fingerprint density at radius 3 is 2.81 bits per heavy atom. The first-order valence-corrected chi connectivity index (χ1v) is 8.38. The van der Waals surface area contributed by atoms with Crippen LogP contribution in [-0.4, -0.2) is 34.6 Å². The lowest BCUT2D eigenvalue weighted by Crippen LogP contribution is -2.36. The fourth-order valence-electron chi connectivity index (χ4n) is 3.03. The lowest BCUT2D eigenvalue weighted by atomic mass is 10.1. The Hall–Kier alpha value is -3.48. The fraction of sp³-hybridized carbons (Fsp3) is 0.158. The van der Waals surface area contributed by atoms with E-state index in [1.807, 2.05) is 42.5 Å². The van der Waals surface area contributed by atoms with E-state index in [1.165, 1.54) is 0 Å². The number of nitrogens with zero attached hydrogens (tertiary/aromatic N) is 4. The van der Waals surface area contributed by atoms with Crippen LogP contribution in [0.2, 0.25) is 0 Å². The first-order valence-electron chi connectivity index (χ1n) is 8.38. The zero-order valence-electron chi connectivity index (χ0n) is 14.3. The van der Waals surface area contributed by atoms with Crippen LogP contribution in [0.25, 0.3) is 11.4 Å². The van der Waals surface area contributed by atoms with Gasteiger partial charge in [0.1, 0.15) is 0 Å². The van der Waals surface area contributed by atoms with Gasteiger partial charge in [0.05, 0.1) is 11.4 Å². The number of urea groups is 1. The molecule has 0 bridgehead atoms. The number of benzene rings is 1. The molecule has 0 aliphatic carbocycles. The van der Waals surface area contributed by atoms with Gasteiger partial charge in [-0.15, -0.1) is 0 Å². The maximum absolute atomic E-state index is 11.9. The summed E-state index contributed by atoms with van der Waals surface area (Å²) in [6.07, 6.45) is 4.27. The minimum absolute atomic E-state index is 0.0872. The Kier molecular flexibility index (Phi) is 4.18. The number of aromatic nitrogens is 3. The highest BCUT2D eigenvalue weighted by molar-refractivity contribution is 5.94. The van der Waals surface area contributed by atoms with Gasteiger partial charge in [-0.05, 0) is 48.4 Å². The van der Waals surface area contributed by atoms with Crippen molar-refractivity contribution in [1.82, 2.24) is 20.3 Å². The molecule has 0 saturated carbocycles. The average molecular weight is 346 g/mol. The van der Waals surface area contributed by atoms with E-state index in [1.54, 1.807) is 24.3 Å². The molecule has 0 unspecified atom stereocenters. The third-order valence-corrected chi connectivity index (χ3v) is 4.27. The second-order valence-electron chi connectivity index (χ2n) is 5.91. The molecule has 1 aliphatic rings. The first kappa shape index (κ1) is 16.0. The molecule has 26 heavy (non-hydrogen) atoms. The van der Waals surface area contributed by atoms with Crippen molar-refractivity contribution >= 4 is 23.4 Å². The standard InChI is InChI=1S/C19H18N6O/c1-20-19(26)25-11-8-13-12-14(5-6-17(13)25)23-18-22-10-7-16(24-18)15-4-2-3-9-21-15/h2-7,9-10,12H,8,11H2,1H3,(H,20,26)(H,22,23,24). The van der Waals surface area contributed by atoms with E-state index in [2.05, 4.69) is 25.6 Å². The van der Waals surface area contributed by atoms with E-state index in [-0.39, 0.29) is 6.03 Å². The van der Waals surface area contributed by atoms with Gasteiger partial charge in [0, 0.05) is 37.4 Å². The molecule has 7 heteroatoms. The number of pyridine rings is 1. The summed E-state index contributed by atoms with van der Waals surface area (Å²) in [5.74, 6) is 0.509. The maximum Gasteiger partial charge on any atom is 0.321 e. The summed E-state index contributed by atoms with van der Waals surface area (Å²) in [4.78, 5) is 26.8. The van der Waals surface area contributed by atoms with Crippen LogP contribution in [0.4, 0.5) is 22.1 Å². The number of rotatable bonds is 3. The number of anilines is 3. The summed E-state index contributed by atoms with van der Waals surface area (Å²) in [7, 11) is 1.64. The molecule has 1 aromatic carbocycles. The third kappa shape index (κ3) is 3.06. The van der Waals surface area contributed by atoms with Gasteiger partial charge in [-0.1, -0.05) is 6.07 Å². The molecule has 2 N–H and O–H groups in total. The Labute approximate surface area is 151 Å². The first-order chi connectivity index (χ1) is 12.7. The van der Waals surface area contributed by atoms with Gasteiger partial charge >= 0.3 is 6.03 Å². The number of hydrogen-bond acceptors (Lipinski definition) is 5. The number of carbonyl (C=O) groups excluding carboxylic acids is 1. The van der Waals surface area contributed by atoms with Crippen LogP contribution in [0.3, 0.4) is 0 Å². The predicted octanol–water partition coefficient (Wildman–Crippen LogP) is 2.98. The molecule has 0 radical (unpaired) electrons. The number of amides is 2. The largest absolute Gasteiger partial charge is 0.341 e. The van der Waals surface area contributed by atoms with E-state index in [4.69, 9.17) is 0 Å². The van der Waals surface area contributed by atoms with Crippen LogP contribution in [0.15, 0.2) is 54.9 Å². The molecule has 2 aromatic heterocycles. The zero-order chi connectivity index (χ0) is 17.9. The Balaban J connectivity index is 1.57. The van der Waals surface area contributed by atoms with Crippen molar-refractivity contribution in [2.24, 2.45) is 0 Å². The molecule has 0 spiro atoms. The minimum Gasteiger partial charge on any atom is -0.341 e. The van der Waals surface area contributed by atoms with Crippen molar-refractivity contribution in [1.29, 1.82) is 0 Å². The monoisotopic (exact) mass is 346 g/mol. The number of carbonyl (C=O) groups is 1. The summed E-state index contributed by atoms with van der Waals surface area (Å²) in [5.41, 5.74) is 4.52. The summed E-state index contributed by atoms with van der Waals surface area (Å²) >= 11 is 0. The molecule has 130 valence electrons. The molecule has 2 amide bonds. The van der Waals surface area contributed by atoms with Crippen molar-refractivity contribution in [3.05, 3.63) is 60.4 Å². The van der Waals surface area contributed by atoms with Gasteiger partial charge in [-0.3, -0.25) is 9.88 Å². The van der Waals surface area contributed by atoms with Crippen molar-refractivity contribution in [3.63, 3.8) is 0 Å². The highest BCUT2D eigenvalue weighted by Crippen LogP contribution is 2.31. The van der Waals surface area contributed by atoms with Gasteiger partial charge in [-0.25, -0.2) is 14.8 Å². The smallest absolute Gasteiger partial charge is 0.321 e. The Morgan fingerprint density at radius 1 is 1.08 bits per heavy atom. The minimum atomic E-state index is -0.0872. The Morgan fingerprint density at radius 2 is 2.00 bits per heavy atom. The fourth-order valence-corrected chi connectivity index (χ4v) is 3.03. The molecule has 3 aromatic rings. The quantitative estimate of drug-likeness (QED) is 0.762. The third-order valence-electron chi connectivity index (χ3n) is 4.27. The summed E-state index contributed by atoms with van der Waals surface area (Å²) in [5, 5.41) is 5.90. The van der Waals surface area contributed by atoms with Crippen molar-refractivity contribution in [2.75, 3.05) is 23.8 Å². The van der Waals surface area contributed by atoms with Gasteiger partial charge in [-0.2, -0.15) is 0 Å². The van der Waals surface area contributed by atoms with Gasteiger partial charge < -0.3 is 10.6 Å². The molecule has 1 aliphatic heterocycles. The van der Waals surface area contributed by atoms with Crippen LogP contribution >= 0.6 is 0 Å². The Bertz CT molecular complexity index is 944. The maximum atomic E-state index is 11.9. The van der Waals surface area contributed by atoms with Crippen molar-refractivity contribution in [2.45, 2.75) is 6.42 Å². The van der Waals surface area contributed by atoms with Crippen LogP contribution in [-0.2, 0) is 6.42 Å². The van der Waals surface area contributed by atoms with E-state index in [9.17, 15) is 4.79 Å². The highest BCUT2D eigenvalue weighted by Gasteiger charge is 2.24. The molecular weight excluding hydrogens is 328 g/mol. The lowest BCUT2D eigenvalue weighted by molar-refractivity contribution is 0.248. The summed E-state index contributed by atoms with van der Waals surface area (Å²) in [6, 6.07) is 13.4. The van der Waals surface area contributed by atoms with E-state index >= 15 is 0 Å². The van der Waals surface area contributed by atoms with Crippen LogP contribution in [0, 0.1) is 0 Å². The van der Waals surface area contributed by atoms with Crippen LogP contribution < -0.4 is 15.5 Å². The molecule has 0 fully saturated rings. The second-order valence-corrected chi connectivity index (χ2v) is 5.91. The van der Waals surface area contributed by atoms with Crippen LogP contribution in [0.5, 0.6) is 0 Å². The summed E-state index contributed by atoms with van der Waals surface area (Å²) < 4.78 is 0. The van der Waals surface area contributed by atoms with Gasteiger partial charge in [0.25, 0.3) is 0 Å². The van der Waals surface area contributed by atoms with Gasteiger partial charge in [0.2, 0.25) is 5.95 Å². The van der Waals surface area contributed by atoms with Crippen LogP contribution in [0.1, 0.15) is 5.56 Å². The zero-order valence-corrected chi connectivity index (χ0v) is 14.3. The number of fused-ring (bicyclic) bond motifs is 1. The molecule has 3 heterocycles. The highest BCUT2D eigenvalue weighted by atomic mass is 16.2. The lowest BCUT2D eigenvalue weighted by Gasteiger charge is -2.16. The predicted molar refractivity (Wildman–Crippen MR) is 100 cm³/mol. The summed E-state index contributed by atoms with van der Waals surface area (Å²) in [6.45, 7) is 0.685.